The van der Waals surface area contributed by atoms with E-state index in [-0.39, 0.29) is 0 Å². The fraction of sp³-hybridized carbons (Fsp3) is 0.375. The summed E-state index contributed by atoms with van der Waals surface area (Å²) in [6.07, 6.45) is 1.49. The predicted octanol–water partition coefficient (Wildman–Crippen LogP) is 1.93. The minimum absolute atomic E-state index is 0.555. The van der Waals surface area contributed by atoms with Crippen LogP contribution in [0, 0.1) is 0 Å². The summed E-state index contributed by atoms with van der Waals surface area (Å²) in [5.41, 5.74) is 2.45. The SMILES string of the molecule is COc1cc(NCc2cccc(N3CCOCC3)c2)ncn1. The first-order valence-electron chi connectivity index (χ1n) is 7.37. The normalized spacial score (nSPS) is 14.7. The Morgan fingerprint density at radius 3 is 2.91 bits per heavy atom. The van der Waals surface area contributed by atoms with Crippen LogP contribution in [0.3, 0.4) is 0 Å². The number of ether oxygens (including phenoxy) is 2. The van der Waals surface area contributed by atoms with E-state index in [0.717, 1.165) is 32.1 Å². The molecule has 0 radical (unpaired) electrons. The molecule has 2 aromatic rings. The molecule has 1 N–H and O–H groups in total. The predicted molar refractivity (Wildman–Crippen MR) is 85.4 cm³/mol. The van der Waals surface area contributed by atoms with Crippen molar-refractivity contribution in [1.82, 2.24) is 9.97 Å². The van der Waals surface area contributed by atoms with Crippen LogP contribution >= 0.6 is 0 Å². The molecule has 0 saturated carbocycles. The van der Waals surface area contributed by atoms with E-state index in [0.29, 0.717) is 12.4 Å². The van der Waals surface area contributed by atoms with Crippen LogP contribution in [0.15, 0.2) is 36.7 Å². The van der Waals surface area contributed by atoms with Gasteiger partial charge in [-0.05, 0) is 17.7 Å². The van der Waals surface area contributed by atoms with E-state index in [1.807, 2.05) is 0 Å². The Morgan fingerprint density at radius 1 is 1.23 bits per heavy atom. The second kappa shape index (κ2) is 7.09. The second-order valence-corrected chi connectivity index (χ2v) is 5.07. The van der Waals surface area contributed by atoms with E-state index in [4.69, 9.17) is 9.47 Å². The molecule has 1 fully saturated rings. The molecule has 0 amide bonds. The number of benzene rings is 1. The third-order valence-electron chi connectivity index (χ3n) is 3.61. The monoisotopic (exact) mass is 300 g/mol. The van der Waals surface area contributed by atoms with E-state index >= 15 is 0 Å². The lowest BCUT2D eigenvalue weighted by Crippen LogP contribution is -2.36. The van der Waals surface area contributed by atoms with Crippen molar-refractivity contribution in [2.45, 2.75) is 6.54 Å². The number of anilines is 2. The number of nitrogens with zero attached hydrogens (tertiary/aromatic N) is 3. The van der Waals surface area contributed by atoms with Crippen LogP contribution in [0.5, 0.6) is 5.88 Å². The summed E-state index contributed by atoms with van der Waals surface area (Å²) in [4.78, 5) is 10.5. The lowest BCUT2D eigenvalue weighted by molar-refractivity contribution is 0.122. The van der Waals surface area contributed by atoms with Crippen molar-refractivity contribution in [3.05, 3.63) is 42.2 Å². The first-order valence-corrected chi connectivity index (χ1v) is 7.37. The Hall–Kier alpha value is -2.34. The second-order valence-electron chi connectivity index (χ2n) is 5.07. The standard InChI is InChI=1S/C16H20N4O2/c1-21-16-10-15(18-12-19-16)17-11-13-3-2-4-14(9-13)20-5-7-22-8-6-20/h2-4,9-10,12H,5-8,11H2,1H3,(H,17,18,19). The maximum atomic E-state index is 5.40. The van der Waals surface area contributed by atoms with Gasteiger partial charge in [0.2, 0.25) is 5.88 Å². The van der Waals surface area contributed by atoms with E-state index in [1.165, 1.54) is 17.6 Å². The number of hydrogen-bond donors (Lipinski definition) is 1. The first-order chi connectivity index (χ1) is 10.8. The zero-order valence-electron chi connectivity index (χ0n) is 12.7. The Bertz CT molecular complexity index is 615. The molecule has 116 valence electrons. The van der Waals surface area contributed by atoms with Gasteiger partial charge in [-0.25, -0.2) is 9.97 Å². The maximum absolute atomic E-state index is 5.40. The van der Waals surface area contributed by atoms with Crippen LogP contribution in [0.4, 0.5) is 11.5 Å². The highest BCUT2D eigenvalue weighted by Crippen LogP contribution is 2.18. The summed E-state index contributed by atoms with van der Waals surface area (Å²) in [7, 11) is 1.60. The van der Waals surface area contributed by atoms with Gasteiger partial charge >= 0.3 is 0 Å². The minimum atomic E-state index is 0.555. The largest absolute Gasteiger partial charge is 0.481 e. The lowest BCUT2D eigenvalue weighted by Gasteiger charge is -2.29. The molecule has 3 rings (SSSR count). The van der Waals surface area contributed by atoms with Gasteiger partial charge in [-0.1, -0.05) is 12.1 Å². The van der Waals surface area contributed by atoms with Gasteiger partial charge in [-0.2, -0.15) is 0 Å². The third-order valence-corrected chi connectivity index (χ3v) is 3.61. The summed E-state index contributed by atoms with van der Waals surface area (Å²) in [5, 5.41) is 3.29. The van der Waals surface area contributed by atoms with Gasteiger partial charge in [0, 0.05) is 31.4 Å². The summed E-state index contributed by atoms with van der Waals surface area (Å²) in [6, 6.07) is 10.3. The van der Waals surface area contributed by atoms with Crippen molar-refractivity contribution in [2.24, 2.45) is 0 Å². The van der Waals surface area contributed by atoms with Crippen molar-refractivity contribution in [3.63, 3.8) is 0 Å². The van der Waals surface area contributed by atoms with E-state index in [2.05, 4.69) is 44.5 Å². The Morgan fingerprint density at radius 2 is 2.09 bits per heavy atom. The highest BCUT2D eigenvalue weighted by Gasteiger charge is 2.11. The van der Waals surface area contributed by atoms with Crippen LogP contribution in [-0.2, 0) is 11.3 Å². The van der Waals surface area contributed by atoms with Crippen LogP contribution in [0.2, 0.25) is 0 Å². The number of rotatable bonds is 5. The van der Waals surface area contributed by atoms with Gasteiger partial charge in [0.15, 0.2) is 0 Å². The molecule has 6 heteroatoms. The van der Waals surface area contributed by atoms with Gasteiger partial charge < -0.3 is 19.7 Å². The van der Waals surface area contributed by atoms with Gasteiger partial charge in [0.1, 0.15) is 12.1 Å². The van der Waals surface area contributed by atoms with Gasteiger partial charge in [0.25, 0.3) is 0 Å². The topological polar surface area (TPSA) is 59.5 Å². The molecule has 1 saturated heterocycles. The number of hydrogen-bond acceptors (Lipinski definition) is 6. The molecule has 1 aromatic heterocycles. The van der Waals surface area contributed by atoms with E-state index in [1.54, 1.807) is 13.2 Å². The molecule has 1 aliphatic rings. The number of nitrogens with one attached hydrogen (secondary N) is 1. The van der Waals surface area contributed by atoms with Crippen molar-refractivity contribution in [2.75, 3.05) is 43.6 Å². The van der Waals surface area contributed by atoms with Crippen LogP contribution < -0.4 is 15.0 Å². The molecule has 0 bridgehead atoms. The average Bonchev–Trinajstić information content (AvgIpc) is 2.61. The highest BCUT2D eigenvalue weighted by molar-refractivity contribution is 5.49. The van der Waals surface area contributed by atoms with E-state index in [9.17, 15) is 0 Å². The first kappa shape index (κ1) is 14.6. The molecule has 0 aliphatic carbocycles. The van der Waals surface area contributed by atoms with Crippen LogP contribution in [0.25, 0.3) is 0 Å². The minimum Gasteiger partial charge on any atom is -0.481 e. The zero-order valence-corrected chi connectivity index (χ0v) is 12.7. The molecule has 1 aromatic carbocycles. The third kappa shape index (κ3) is 3.65. The Labute approximate surface area is 130 Å². The maximum Gasteiger partial charge on any atom is 0.218 e. The molecule has 1 aliphatic heterocycles. The van der Waals surface area contributed by atoms with Crippen molar-refractivity contribution >= 4 is 11.5 Å². The van der Waals surface area contributed by atoms with Crippen molar-refractivity contribution < 1.29 is 9.47 Å². The van der Waals surface area contributed by atoms with Crippen LogP contribution in [0.1, 0.15) is 5.56 Å². The Kier molecular flexibility index (Phi) is 4.70. The van der Waals surface area contributed by atoms with Gasteiger partial charge in [-0.15, -0.1) is 0 Å². The van der Waals surface area contributed by atoms with Crippen molar-refractivity contribution in [1.29, 1.82) is 0 Å². The molecule has 0 unspecified atom stereocenters. The summed E-state index contributed by atoms with van der Waals surface area (Å²) in [5.74, 6) is 1.31. The molecule has 0 spiro atoms. The lowest BCUT2D eigenvalue weighted by atomic mass is 10.2. The highest BCUT2D eigenvalue weighted by atomic mass is 16.5. The van der Waals surface area contributed by atoms with E-state index < -0.39 is 0 Å². The summed E-state index contributed by atoms with van der Waals surface area (Å²) < 4.78 is 10.5. The molecule has 6 nitrogen and oxygen atoms in total. The number of morpholine rings is 1. The quantitative estimate of drug-likeness (QED) is 0.910. The zero-order chi connectivity index (χ0) is 15.2. The summed E-state index contributed by atoms with van der Waals surface area (Å²) in [6.45, 7) is 4.19. The fourth-order valence-electron chi connectivity index (χ4n) is 2.43. The average molecular weight is 300 g/mol. The van der Waals surface area contributed by atoms with Gasteiger partial charge in [-0.3, -0.25) is 0 Å². The smallest absolute Gasteiger partial charge is 0.218 e. The Balaban J connectivity index is 1.64. The fourth-order valence-corrected chi connectivity index (χ4v) is 2.43. The molecular weight excluding hydrogens is 280 g/mol. The molecular formula is C16H20N4O2. The molecule has 2 heterocycles. The molecule has 22 heavy (non-hydrogen) atoms. The van der Waals surface area contributed by atoms with Crippen molar-refractivity contribution in [3.8, 4) is 5.88 Å². The van der Waals surface area contributed by atoms with Crippen LogP contribution in [-0.4, -0.2) is 43.4 Å². The number of methoxy groups -OCH3 is 1. The number of aromatic nitrogens is 2. The summed E-state index contributed by atoms with van der Waals surface area (Å²) >= 11 is 0. The van der Waals surface area contributed by atoms with Gasteiger partial charge in [0.05, 0.1) is 20.3 Å². The molecule has 0 atom stereocenters.